The van der Waals surface area contributed by atoms with Crippen LogP contribution in [0.4, 0.5) is 0 Å². The fourth-order valence-electron chi connectivity index (χ4n) is 3.43. The van der Waals surface area contributed by atoms with Crippen LogP contribution in [-0.2, 0) is 19.4 Å². The molecule has 0 saturated heterocycles. The standard InChI is InChI=1S/C22H26N2O4S2/c25-21(23-14-13-17-8-3-1-4-9-17)22(26)24-16-20(19-12-7-15-29-19)30(27,28)18-10-5-2-6-11-18/h2,5-8,10-12,15,20H,1,3-4,9,13-14,16H2,(H,23,25)(H,24,26)/t20-/m0/s1. The number of allylic oxidation sites excluding steroid dienone is 1. The second-order valence-corrected chi connectivity index (χ2v) is 10.3. The second-order valence-electron chi connectivity index (χ2n) is 7.19. The number of benzene rings is 1. The molecule has 1 aliphatic rings. The minimum absolute atomic E-state index is 0.171. The molecule has 160 valence electrons. The number of amides is 2. The van der Waals surface area contributed by atoms with Crippen molar-refractivity contribution >= 4 is 33.0 Å². The Bertz CT molecular complexity index is 983. The van der Waals surface area contributed by atoms with Gasteiger partial charge in [-0.25, -0.2) is 8.42 Å². The Labute approximate surface area is 181 Å². The van der Waals surface area contributed by atoms with E-state index in [4.69, 9.17) is 0 Å². The zero-order valence-corrected chi connectivity index (χ0v) is 18.3. The van der Waals surface area contributed by atoms with Crippen LogP contribution in [-0.4, -0.2) is 33.3 Å². The molecule has 0 spiro atoms. The van der Waals surface area contributed by atoms with E-state index in [1.54, 1.807) is 35.7 Å². The van der Waals surface area contributed by atoms with E-state index in [9.17, 15) is 18.0 Å². The van der Waals surface area contributed by atoms with Gasteiger partial charge < -0.3 is 10.6 Å². The quantitative estimate of drug-likeness (QED) is 0.480. The van der Waals surface area contributed by atoms with Gasteiger partial charge in [0.2, 0.25) is 0 Å². The van der Waals surface area contributed by atoms with Crippen LogP contribution in [0.1, 0.15) is 42.2 Å². The number of hydrogen-bond donors (Lipinski definition) is 2. The van der Waals surface area contributed by atoms with Gasteiger partial charge in [0, 0.05) is 18.0 Å². The van der Waals surface area contributed by atoms with Crippen LogP contribution in [0.15, 0.2) is 64.4 Å². The van der Waals surface area contributed by atoms with Gasteiger partial charge in [0.15, 0.2) is 9.84 Å². The highest BCUT2D eigenvalue weighted by Crippen LogP contribution is 2.31. The van der Waals surface area contributed by atoms with E-state index in [0.717, 1.165) is 19.3 Å². The molecule has 0 bridgehead atoms. The number of carbonyl (C=O) groups is 2. The molecule has 1 heterocycles. The minimum atomic E-state index is -3.72. The average Bonchev–Trinajstić information content (AvgIpc) is 3.29. The number of hydrogen-bond acceptors (Lipinski definition) is 5. The maximum absolute atomic E-state index is 13.1. The van der Waals surface area contributed by atoms with Gasteiger partial charge in [-0.2, -0.15) is 0 Å². The predicted octanol–water partition coefficient (Wildman–Crippen LogP) is 3.39. The number of nitrogens with one attached hydrogen (secondary N) is 2. The summed E-state index contributed by atoms with van der Waals surface area (Å²) in [6, 6.07) is 11.6. The fourth-order valence-corrected chi connectivity index (χ4v) is 6.23. The monoisotopic (exact) mass is 446 g/mol. The predicted molar refractivity (Wildman–Crippen MR) is 118 cm³/mol. The van der Waals surface area contributed by atoms with Crippen molar-refractivity contribution in [3.63, 3.8) is 0 Å². The summed E-state index contributed by atoms with van der Waals surface area (Å²) in [7, 11) is -3.72. The van der Waals surface area contributed by atoms with E-state index >= 15 is 0 Å². The Morgan fingerprint density at radius 2 is 1.77 bits per heavy atom. The molecule has 8 heteroatoms. The van der Waals surface area contributed by atoms with Gasteiger partial charge in [-0.3, -0.25) is 9.59 Å². The normalized spacial score (nSPS) is 15.1. The molecule has 1 aromatic carbocycles. The average molecular weight is 447 g/mol. The highest BCUT2D eigenvalue weighted by atomic mass is 32.2. The third kappa shape index (κ3) is 5.79. The smallest absolute Gasteiger partial charge is 0.309 e. The van der Waals surface area contributed by atoms with Crippen LogP contribution in [0.2, 0.25) is 0 Å². The van der Waals surface area contributed by atoms with Crippen LogP contribution in [0, 0.1) is 0 Å². The van der Waals surface area contributed by atoms with E-state index in [-0.39, 0.29) is 11.4 Å². The van der Waals surface area contributed by atoms with Crippen LogP contribution in [0.25, 0.3) is 0 Å². The van der Waals surface area contributed by atoms with E-state index in [2.05, 4.69) is 16.7 Å². The summed E-state index contributed by atoms with van der Waals surface area (Å²) in [5.74, 6) is -1.56. The van der Waals surface area contributed by atoms with Gasteiger partial charge in [-0.1, -0.05) is 35.9 Å². The molecule has 2 N–H and O–H groups in total. The molecule has 1 aromatic heterocycles. The van der Waals surface area contributed by atoms with Crippen molar-refractivity contribution in [2.24, 2.45) is 0 Å². The molecule has 30 heavy (non-hydrogen) atoms. The van der Waals surface area contributed by atoms with Crippen LogP contribution in [0.5, 0.6) is 0 Å². The Morgan fingerprint density at radius 1 is 1.00 bits per heavy atom. The van der Waals surface area contributed by atoms with Gasteiger partial charge in [-0.05, 0) is 55.7 Å². The summed E-state index contributed by atoms with van der Waals surface area (Å²) in [6.45, 7) is 0.226. The summed E-state index contributed by atoms with van der Waals surface area (Å²) < 4.78 is 26.2. The largest absolute Gasteiger partial charge is 0.348 e. The SMILES string of the molecule is O=C(NCCC1=CCCCC1)C(=O)NC[C@@H](c1cccs1)S(=O)(=O)c1ccccc1. The summed E-state index contributed by atoms with van der Waals surface area (Å²) in [5, 5.41) is 5.95. The van der Waals surface area contributed by atoms with Gasteiger partial charge in [0.25, 0.3) is 0 Å². The highest BCUT2D eigenvalue weighted by molar-refractivity contribution is 7.91. The number of thiophene rings is 1. The Morgan fingerprint density at radius 3 is 2.43 bits per heavy atom. The van der Waals surface area contributed by atoms with Gasteiger partial charge in [-0.15, -0.1) is 11.3 Å². The maximum Gasteiger partial charge on any atom is 0.309 e. The summed E-state index contributed by atoms with van der Waals surface area (Å²) in [4.78, 5) is 25.1. The fraction of sp³-hybridized carbons (Fsp3) is 0.364. The number of sulfone groups is 1. The molecule has 0 aliphatic heterocycles. The van der Waals surface area contributed by atoms with Crippen molar-refractivity contribution < 1.29 is 18.0 Å². The third-order valence-electron chi connectivity index (χ3n) is 5.08. The molecule has 0 radical (unpaired) electrons. The molecule has 0 saturated carbocycles. The van der Waals surface area contributed by atoms with Crippen molar-refractivity contribution in [2.45, 2.75) is 42.2 Å². The first-order valence-electron chi connectivity index (χ1n) is 10.0. The molecule has 0 unspecified atom stereocenters. The summed E-state index contributed by atoms with van der Waals surface area (Å²) in [5.41, 5.74) is 1.31. The van der Waals surface area contributed by atoms with Crippen molar-refractivity contribution in [3.8, 4) is 0 Å². The lowest BCUT2D eigenvalue weighted by molar-refractivity contribution is -0.139. The Hall–Kier alpha value is -2.45. The van der Waals surface area contributed by atoms with Crippen molar-refractivity contribution in [3.05, 3.63) is 64.4 Å². The van der Waals surface area contributed by atoms with Crippen molar-refractivity contribution in [2.75, 3.05) is 13.1 Å². The molecule has 0 fully saturated rings. The molecule has 1 atom stereocenters. The number of carbonyl (C=O) groups excluding carboxylic acids is 2. The molecule has 1 aliphatic carbocycles. The maximum atomic E-state index is 13.1. The minimum Gasteiger partial charge on any atom is -0.348 e. The molecule has 3 rings (SSSR count). The Kier molecular flexibility index (Phi) is 7.81. The van der Waals surface area contributed by atoms with Crippen LogP contribution in [0.3, 0.4) is 0 Å². The molecular weight excluding hydrogens is 420 g/mol. The van der Waals surface area contributed by atoms with Crippen molar-refractivity contribution in [1.82, 2.24) is 10.6 Å². The lowest BCUT2D eigenvalue weighted by atomic mass is 9.97. The van der Waals surface area contributed by atoms with Gasteiger partial charge >= 0.3 is 11.8 Å². The Balaban J connectivity index is 1.59. The van der Waals surface area contributed by atoms with E-state index in [1.165, 1.54) is 41.9 Å². The van der Waals surface area contributed by atoms with E-state index in [0.29, 0.717) is 11.4 Å². The molecular formula is C22H26N2O4S2. The second kappa shape index (κ2) is 10.5. The highest BCUT2D eigenvalue weighted by Gasteiger charge is 2.31. The zero-order chi connectivity index (χ0) is 21.4. The van der Waals surface area contributed by atoms with Crippen LogP contribution < -0.4 is 10.6 Å². The van der Waals surface area contributed by atoms with Gasteiger partial charge in [0.05, 0.1) is 4.90 Å². The molecule has 2 aromatic rings. The lowest BCUT2D eigenvalue weighted by Gasteiger charge is -2.17. The molecule has 6 nitrogen and oxygen atoms in total. The lowest BCUT2D eigenvalue weighted by Crippen LogP contribution is -2.42. The topological polar surface area (TPSA) is 92.3 Å². The number of rotatable bonds is 8. The first kappa shape index (κ1) is 22.2. The molecule has 2 amide bonds. The summed E-state index contributed by atoms with van der Waals surface area (Å²) in [6.07, 6.45) is 7.43. The van der Waals surface area contributed by atoms with Crippen LogP contribution >= 0.6 is 11.3 Å². The van der Waals surface area contributed by atoms with E-state index in [1.807, 2.05) is 0 Å². The first-order chi connectivity index (χ1) is 14.5. The summed E-state index contributed by atoms with van der Waals surface area (Å²) >= 11 is 1.31. The zero-order valence-electron chi connectivity index (χ0n) is 16.7. The third-order valence-corrected chi connectivity index (χ3v) is 8.31. The van der Waals surface area contributed by atoms with E-state index < -0.39 is 26.9 Å². The first-order valence-corrected chi connectivity index (χ1v) is 12.5. The van der Waals surface area contributed by atoms with Gasteiger partial charge in [0.1, 0.15) is 5.25 Å². The van der Waals surface area contributed by atoms with Crippen molar-refractivity contribution in [1.29, 1.82) is 0 Å².